The average Bonchev–Trinajstić information content (AvgIpc) is 2.39. The zero-order valence-electron chi connectivity index (χ0n) is 9.49. The summed E-state index contributed by atoms with van der Waals surface area (Å²) >= 11 is 5.71. The van der Waals surface area contributed by atoms with Gasteiger partial charge < -0.3 is 5.32 Å². The van der Waals surface area contributed by atoms with E-state index in [9.17, 15) is 9.18 Å². The van der Waals surface area contributed by atoms with Crippen LogP contribution in [0.3, 0.4) is 0 Å². The van der Waals surface area contributed by atoms with E-state index in [2.05, 4.69) is 5.32 Å². The van der Waals surface area contributed by atoms with Crippen LogP contribution in [0.2, 0.25) is 0 Å². The van der Waals surface area contributed by atoms with E-state index in [0.717, 1.165) is 5.56 Å². The molecule has 92 valence electrons. The van der Waals surface area contributed by atoms with E-state index in [1.54, 1.807) is 24.3 Å². The van der Waals surface area contributed by atoms with Gasteiger partial charge in [-0.1, -0.05) is 18.2 Å². The Bertz CT molecular complexity index is 571. The van der Waals surface area contributed by atoms with Gasteiger partial charge in [0.05, 0.1) is 0 Å². The molecule has 2 aromatic carbocycles. The van der Waals surface area contributed by atoms with Gasteiger partial charge in [0.1, 0.15) is 5.82 Å². The fraction of sp³-hybridized carbons (Fsp3) is 0.0714. The normalized spacial score (nSPS) is 10.1. The first-order valence-electron chi connectivity index (χ1n) is 5.41. The molecule has 0 aliphatic rings. The second-order valence-electron chi connectivity index (χ2n) is 3.80. The van der Waals surface area contributed by atoms with Gasteiger partial charge in [0, 0.05) is 17.1 Å². The SMILES string of the molecule is O=C(Nc1cccc(CCl)c1)c1cccc(F)c1. The molecule has 0 aliphatic carbocycles. The molecule has 0 bridgehead atoms. The van der Waals surface area contributed by atoms with Crippen LogP contribution in [0.15, 0.2) is 48.5 Å². The summed E-state index contributed by atoms with van der Waals surface area (Å²) in [6, 6.07) is 12.8. The molecule has 0 radical (unpaired) electrons. The van der Waals surface area contributed by atoms with Crippen molar-refractivity contribution in [3.8, 4) is 0 Å². The Hall–Kier alpha value is -1.87. The first kappa shape index (κ1) is 12.6. The number of rotatable bonds is 3. The smallest absolute Gasteiger partial charge is 0.255 e. The predicted molar refractivity (Wildman–Crippen MR) is 70.4 cm³/mol. The predicted octanol–water partition coefficient (Wildman–Crippen LogP) is 3.82. The van der Waals surface area contributed by atoms with Crippen molar-refractivity contribution in [2.45, 2.75) is 5.88 Å². The molecule has 0 fully saturated rings. The van der Waals surface area contributed by atoms with Gasteiger partial charge >= 0.3 is 0 Å². The minimum Gasteiger partial charge on any atom is -0.322 e. The molecular weight excluding hydrogens is 253 g/mol. The summed E-state index contributed by atoms with van der Waals surface area (Å²) in [5, 5.41) is 2.70. The van der Waals surface area contributed by atoms with Crippen LogP contribution in [0, 0.1) is 5.82 Å². The number of amides is 1. The fourth-order valence-electron chi connectivity index (χ4n) is 1.57. The largest absolute Gasteiger partial charge is 0.322 e. The van der Waals surface area contributed by atoms with Crippen LogP contribution < -0.4 is 5.32 Å². The van der Waals surface area contributed by atoms with Crippen molar-refractivity contribution in [1.29, 1.82) is 0 Å². The molecule has 2 aromatic rings. The summed E-state index contributed by atoms with van der Waals surface area (Å²) in [6.45, 7) is 0. The van der Waals surface area contributed by atoms with Crippen LogP contribution in [0.5, 0.6) is 0 Å². The van der Waals surface area contributed by atoms with Crippen LogP contribution in [-0.2, 0) is 5.88 Å². The van der Waals surface area contributed by atoms with E-state index in [1.807, 2.05) is 6.07 Å². The maximum atomic E-state index is 13.0. The molecule has 0 aliphatic heterocycles. The quantitative estimate of drug-likeness (QED) is 0.838. The maximum Gasteiger partial charge on any atom is 0.255 e. The number of hydrogen-bond acceptors (Lipinski definition) is 1. The molecule has 0 aromatic heterocycles. The van der Waals surface area contributed by atoms with Crippen LogP contribution in [0.25, 0.3) is 0 Å². The lowest BCUT2D eigenvalue weighted by Crippen LogP contribution is -2.12. The molecule has 0 saturated carbocycles. The molecule has 2 nitrogen and oxygen atoms in total. The lowest BCUT2D eigenvalue weighted by molar-refractivity contribution is 0.102. The highest BCUT2D eigenvalue weighted by atomic mass is 35.5. The topological polar surface area (TPSA) is 29.1 Å². The molecule has 0 heterocycles. The molecule has 0 unspecified atom stereocenters. The standard InChI is InChI=1S/C14H11ClFNO/c15-9-10-3-1-6-13(7-10)17-14(18)11-4-2-5-12(16)8-11/h1-8H,9H2,(H,17,18). The monoisotopic (exact) mass is 263 g/mol. The van der Waals surface area contributed by atoms with E-state index < -0.39 is 5.82 Å². The number of halogens is 2. The van der Waals surface area contributed by atoms with Crippen molar-refractivity contribution in [3.63, 3.8) is 0 Å². The van der Waals surface area contributed by atoms with Gasteiger partial charge in [-0.05, 0) is 35.9 Å². The summed E-state index contributed by atoms with van der Waals surface area (Å²) < 4.78 is 13.0. The molecule has 18 heavy (non-hydrogen) atoms. The minimum atomic E-state index is -0.433. The third-order valence-electron chi connectivity index (χ3n) is 2.43. The third kappa shape index (κ3) is 3.08. The molecule has 0 atom stereocenters. The Morgan fingerprint density at radius 1 is 1.17 bits per heavy atom. The lowest BCUT2D eigenvalue weighted by atomic mass is 10.2. The van der Waals surface area contributed by atoms with E-state index in [-0.39, 0.29) is 11.5 Å². The highest BCUT2D eigenvalue weighted by Crippen LogP contribution is 2.14. The summed E-state index contributed by atoms with van der Waals surface area (Å²) in [4.78, 5) is 11.9. The first-order chi connectivity index (χ1) is 8.69. The van der Waals surface area contributed by atoms with E-state index >= 15 is 0 Å². The van der Waals surface area contributed by atoms with Crippen molar-refractivity contribution in [1.82, 2.24) is 0 Å². The van der Waals surface area contributed by atoms with Crippen molar-refractivity contribution in [2.75, 3.05) is 5.32 Å². The number of benzene rings is 2. The van der Waals surface area contributed by atoms with Crippen LogP contribution >= 0.6 is 11.6 Å². The number of alkyl halides is 1. The minimum absolute atomic E-state index is 0.284. The van der Waals surface area contributed by atoms with E-state index in [0.29, 0.717) is 11.6 Å². The molecular formula is C14H11ClFNO. The van der Waals surface area contributed by atoms with E-state index in [4.69, 9.17) is 11.6 Å². The molecule has 4 heteroatoms. The van der Waals surface area contributed by atoms with Crippen LogP contribution in [0.4, 0.5) is 10.1 Å². The Morgan fingerprint density at radius 3 is 2.67 bits per heavy atom. The summed E-state index contributed by atoms with van der Waals surface area (Å²) in [7, 11) is 0. The average molecular weight is 264 g/mol. The summed E-state index contributed by atoms with van der Waals surface area (Å²) in [6.07, 6.45) is 0. The second-order valence-corrected chi connectivity index (χ2v) is 4.07. The molecule has 2 rings (SSSR count). The summed E-state index contributed by atoms with van der Waals surface area (Å²) in [5.41, 5.74) is 1.84. The van der Waals surface area contributed by atoms with Gasteiger partial charge in [-0.2, -0.15) is 0 Å². The van der Waals surface area contributed by atoms with Crippen molar-refractivity contribution < 1.29 is 9.18 Å². The molecule has 0 saturated heterocycles. The Labute approximate surface area is 109 Å². The van der Waals surface area contributed by atoms with Gasteiger partial charge in [-0.25, -0.2) is 4.39 Å². The highest BCUT2D eigenvalue weighted by molar-refractivity contribution is 6.17. The lowest BCUT2D eigenvalue weighted by Gasteiger charge is -2.06. The van der Waals surface area contributed by atoms with Crippen molar-refractivity contribution in [2.24, 2.45) is 0 Å². The van der Waals surface area contributed by atoms with Gasteiger partial charge in [-0.15, -0.1) is 11.6 Å². The molecule has 1 amide bonds. The van der Waals surface area contributed by atoms with Gasteiger partial charge in [0.2, 0.25) is 0 Å². The van der Waals surface area contributed by atoms with Crippen molar-refractivity contribution in [3.05, 3.63) is 65.5 Å². The highest BCUT2D eigenvalue weighted by Gasteiger charge is 2.06. The molecule has 0 spiro atoms. The number of hydrogen-bond donors (Lipinski definition) is 1. The second kappa shape index (κ2) is 5.65. The number of carbonyl (C=O) groups excluding carboxylic acids is 1. The third-order valence-corrected chi connectivity index (χ3v) is 2.73. The first-order valence-corrected chi connectivity index (χ1v) is 5.94. The van der Waals surface area contributed by atoms with Gasteiger partial charge in [-0.3, -0.25) is 4.79 Å². The Balaban J connectivity index is 2.16. The number of nitrogens with one attached hydrogen (secondary N) is 1. The van der Waals surface area contributed by atoms with E-state index in [1.165, 1.54) is 18.2 Å². The zero-order chi connectivity index (χ0) is 13.0. The number of carbonyl (C=O) groups is 1. The Kier molecular flexibility index (Phi) is 3.95. The molecule has 1 N–H and O–H groups in total. The van der Waals surface area contributed by atoms with Crippen LogP contribution in [-0.4, -0.2) is 5.91 Å². The zero-order valence-corrected chi connectivity index (χ0v) is 10.2. The number of anilines is 1. The maximum absolute atomic E-state index is 13.0. The van der Waals surface area contributed by atoms with Crippen LogP contribution in [0.1, 0.15) is 15.9 Å². The fourth-order valence-corrected chi connectivity index (χ4v) is 1.73. The van der Waals surface area contributed by atoms with Crippen molar-refractivity contribution >= 4 is 23.2 Å². The van der Waals surface area contributed by atoms with Gasteiger partial charge in [0.15, 0.2) is 0 Å². The van der Waals surface area contributed by atoms with Gasteiger partial charge in [0.25, 0.3) is 5.91 Å². The summed E-state index contributed by atoms with van der Waals surface area (Å²) in [5.74, 6) is -0.401. The Morgan fingerprint density at radius 2 is 1.94 bits per heavy atom.